The lowest BCUT2D eigenvalue weighted by Crippen LogP contribution is -2.37. The molecule has 0 saturated heterocycles. The maximum absolute atomic E-state index is 13.2. The zero-order chi connectivity index (χ0) is 21.7. The molecular formula is C21H22F3N5O. The maximum Gasteiger partial charge on any atom is 0.416 e. The van der Waals surface area contributed by atoms with Gasteiger partial charge in [0.2, 0.25) is 5.91 Å². The van der Waals surface area contributed by atoms with Gasteiger partial charge < -0.3 is 5.32 Å². The van der Waals surface area contributed by atoms with E-state index in [1.54, 1.807) is 0 Å². The highest BCUT2D eigenvalue weighted by molar-refractivity contribution is 5.94. The van der Waals surface area contributed by atoms with E-state index in [2.05, 4.69) is 15.4 Å². The average Bonchev–Trinajstić information content (AvgIpc) is 3.22. The van der Waals surface area contributed by atoms with Crippen molar-refractivity contribution in [2.45, 2.75) is 32.6 Å². The minimum absolute atomic E-state index is 0.0174. The SMILES string of the molecule is CC(C)N(CC(=O)Nc1cc(C(F)(F)F)ccc1-n1cncn1)Cc1ccccc1. The van der Waals surface area contributed by atoms with Crippen LogP contribution in [0.2, 0.25) is 0 Å². The van der Waals surface area contributed by atoms with Gasteiger partial charge in [-0.25, -0.2) is 9.67 Å². The van der Waals surface area contributed by atoms with Crippen LogP contribution in [0.5, 0.6) is 0 Å². The molecule has 0 radical (unpaired) electrons. The van der Waals surface area contributed by atoms with E-state index in [9.17, 15) is 18.0 Å². The lowest BCUT2D eigenvalue weighted by molar-refractivity contribution is -0.137. The number of carbonyl (C=O) groups excluding carboxylic acids is 1. The minimum atomic E-state index is -4.53. The fraction of sp³-hybridized carbons (Fsp3) is 0.286. The fourth-order valence-corrected chi connectivity index (χ4v) is 2.96. The number of rotatable bonds is 7. The summed E-state index contributed by atoms with van der Waals surface area (Å²) >= 11 is 0. The highest BCUT2D eigenvalue weighted by atomic mass is 19.4. The van der Waals surface area contributed by atoms with Crippen molar-refractivity contribution in [3.8, 4) is 5.69 Å². The number of nitrogens with zero attached hydrogens (tertiary/aromatic N) is 4. The molecule has 1 heterocycles. The molecule has 158 valence electrons. The third-order valence-corrected chi connectivity index (χ3v) is 4.57. The van der Waals surface area contributed by atoms with Gasteiger partial charge in [-0.1, -0.05) is 30.3 Å². The molecule has 1 N–H and O–H groups in total. The number of hydrogen-bond donors (Lipinski definition) is 1. The Hall–Kier alpha value is -3.20. The lowest BCUT2D eigenvalue weighted by atomic mass is 10.1. The van der Waals surface area contributed by atoms with Crippen molar-refractivity contribution in [1.29, 1.82) is 0 Å². The molecule has 0 unspecified atom stereocenters. The quantitative estimate of drug-likeness (QED) is 0.628. The third-order valence-electron chi connectivity index (χ3n) is 4.57. The number of amides is 1. The Balaban J connectivity index is 1.82. The van der Waals surface area contributed by atoms with E-state index < -0.39 is 17.6 Å². The van der Waals surface area contributed by atoms with Crippen LogP contribution in [-0.4, -0.2) is 38.2 Å². The molecule has 1 aromatic heterocycles. The number of aromatic nitrogens is 3. The molecule has 0 spiro atoms. The van der Waals surface area contributed by atoms with E-state index in [1.807, 2.05) is 49.1 Å². The molecule has 0 aliphatic rings. The second-order valence-electron chi connectivity index (χ2n) is 7.10. The summed E-state index contributed by atoms with van der Waals surface area (Å²) < 4.78 is 40.9. The van der Waals surface area contributed by atoms with Gasteiger partial charge in [0.25, 0.3) is 0 Å². The van der Waals surface area contributed by atoms with E-state index in [0.717, 1.165) is 17.7 Å². The Morgan fingerprint density at radius 1 is 1.17 bits per heavy atom. The molecule has 3 rings (SSSR count). The number of halogens is 3. The number of anilines is 1. The van der Waals surface area contributed by atoms with Crippen molar-refractivity contribution in [3.05, 3.63) is 72.3 Å². The first-order valence-electron chi connectivity index (χ1n) is 9.38. The molecule has 0 fully saturated rings. The van der Waals surface area contributed by atoms with Crippen LogP contribution in [-0.2, 0) is 17.5 Å². The van der Waals surface area contributed by atoms with Crippen molar-refractivity contribution < 1.29 is 18.0 Å². The van der Waals surface area contributed by atoms with Crippen LogP contribution in [0, 0.1) is 0 Å². The zero-order valence-corrected chi connectivity index (χ0v) is 16.6. The van der Waals surface area contributed by atoms with Gasteiger partial charge >= 0.3 is 6.18 Å². The van der Waals surface area contributed by atoms with E-state index in [1.165, 1.54) is 23.4 Å². The molecule has 6 nitrogen and oxygen atoms in total. The molecule has 0 saturated carbocycles. The summed E-state index contributed by atoms with van der Waals surface area (Å²) in [6.45, 7) is 4.49. The topological polar surface area (TPSA) is 63.1 Å². The summed E-state index contributed by atoms with van der Waals surface area (Å²) in [5.74, 6) is -0.416. The number of hydrogen-bond acceptors (Lipinski definition) is 4. The van der Waals surface area contributed by atoms with Gasteiger partial charge in [-0.05, 0) is 37.6 Å². The third kappa shape index (κ3) is 5.44. The van der Waals surface area contributed by atoms with Crippen LogP contribution < -0.4 is 5.32 Å². The van der Waals surface area contributed by atoms with Gasteiger partial charge in [0.05, 0.1) is 23.5 Å². The standard InChI is InChI=1S/C21H22F3N5O/c1-15(2)28(11-16-6-4-3-5-7-16)12-20(30)27-18-10-17(21(22,23)24)8-9-19(18)29-14-25-13-26-29/h3-10,13-15H,11-12H2,1-2H3,(H,27,30). The van der Waals surface area contributed by atoms with E-state index in [-0.39, 0.29) is 18.3 Å². The van der Waals surface area contributed by atoms with E-state index in [0.29, 0.717) is 12.2 Å². The Kier molecular flexibility index (Phi) is 6.51. The van der Waals surface area contributed by atoms with Crippen molar-refractivity contribution in [2.75, 3.05) is 11.9 Å². The number of benzene rings is 2. The summed E-state index contributed by atoms with van der Waals surface area (Å²) in [5, 5.41) is 6.57. The van der Waals surface area contributed by atoms with Crippen LogP contribution in [0.3, 0.4) is 0 Å². The first-order valence-corrected chi connectivity index (χ1v) is 9.38. The maximum atomic E-state index is 13.2. The predicted molar refractivity (Wildman–Crippen MR) is 107 cm³/mol. The van der Waals surface area contributed by atoms with Crippen LogP contribution in [0.1, 0.15) is 25.0 Å². The van der Waals surface area contributed by atoms with Crippen LogP contribution >= 0.6 is 0 Å². The van der Waals surface area contributed by atoms with Gasteiger partial charge in [0.1, 0.15) is 12.7 Å². The normalized spacial score (nSPS) is 11.8. The summed E-state index contributed by atoms with van der Waals surface area (Å²) in [7, 11) is 0. The average molecular weight is 417 g/mol. The highest BCUT2D eigenvalue weighted by Gasteiger charge is 2.31. The summed E-state index contributed by atoms with van der Waals surface area (Å²) in [5.41, 5.74) is 0.504. The van der Waals surface area contributed by atoms with Crippen molar-refractivity contribution in [3.63, 3.8) is 0 Å². The van der Waals surface area contributed by atoms with Crippen LogP contribution in [0.25, 0.3) is 5.69 Å². The number of nitrogens with one attached hydrogen (secondary N) is 1. The zero-order valence-electron chi connectivity index (χ0n) is 16.6. The molecule has 0 aliphatic carbocycles. The molecule has 2 aromatic carbocycles. The van der Waals surface area contributed by atoms with Gasteiger partial charge in [-0.3, -0.25) is 9.69 Å². The van der Waals surface area contributed by atoms with Gasteiger partial charge in [-0.15, -0.1) is 0 Å². The van der Waals surface area contributed by atoms with E-state index >= 15 is 0 Å². The Labute approximate surface area is 172 Å². The second kappa shape index (κ2) is 9.08. The largest absolute Gasteiger partial charge is 0.416 e. The Morgan fingerprint density at radius 3 is 2.50 bits per heavy atom. The Bertz CT molecular complexity index is 972. The molecule has 0 atom stereocenters. The van der Waals surface area contributed by atoms with Gasteiger partial charge in [0, 0.05) is 12.6 Å². The lowest BCUT2D eigenvalue weighted by Gasteiger charge is -2.26. The highest BCUT2D eigenvalue weighted by Crippen LogP contribution is 2.33. The van der Waals surface area contributed by atoms with Gasteiger partial charge in [-0.2, -0.15) is 18.3 Å². The molecule has 0 bridgehead atoms. The second-order valence-corrected chi connectivity index (χ2v) is 7.10. The molecular weight excluding hydrogens is 395 g/mol. The van der Waals surface area contributed by atoms with Crippen LogP contribution in [0.15, 0.2) is 61.2 Å². The summed E-state index contributed by atoms with van der Waals surface area (Å²) in [6.07, 6.45) is -1.91. The monoisotopic (exact) mass is 417 g/mol. The number of alkyl halides is 3. The molecule has 1 amide bonds. The van der Waals surface area contributed by atoms with Crippen molar-refractivity contribution >= 4 is 11.6 Å². The predicted octanol–water partition coefficient (Wildman–Crippen LogP) is 4.14. The smallest absolute Gasteiger partial charge is 0.323 e. The molecule has 0 aliphatic heterocycles. The summed E-state index contributed by atoms with van der Waals surface area (Å²) in [6, 6.07) is 12.8. The van der Waals surface area contributed by atoms with Crippen molar-refractivity contribution in [2.24, 2.45) is 0 Å². The molecule has 9 heteroatoms. The number of carbonyl (C=O) groups is 1. The fourth-order valence-electron chi connectivity index (χ4n) is 2.96. The van der Waals surface area contributed by atoms with Crippen LogP contribution in [0.4, 0.5) is 18.9 Å². The minimum Gasteiger partial charge on any atom is -0.323 e. The van der Waals surface area contributed by atoms with Crippen molar-refractivity contribution in [1.82, 2.24) is 19.7 Å². The molecule has 3 aromatic rings. The summed E-state index contributed by atoms with van der Waals surface area (Å²) in [4.78, 5) is 18.5. The molecule has 30 heavy (non-hydrogen) atoms. The first-order chi connectivity index (χ1) is 14.2. The first kappa shape index (κ1) is 21.5. The Morgan fingerprint density at radius 2 is 1.90 bits per heavy atom. The van der Waals surface area contributed by atoms with E-state index in [4.69, 9.17) is 0 Å². The van der Waals surface area contributed by atoms with Gasteiger partial charge in [0.15, 0.2) is 0 Å².